The Kier molecular flexibility index (Phi) is 5.77. The van der Waals surface area contributed by atoms with Crippen molar-refractivity contribution in [2.45, 2.75) is 25.9 Å². The molecule has 2 N–H and O–H groups in total. The zero-order chi connectivity index (χ0) is 16.8. The number of halogens is 1. The average Bonchev–Trinajstić information content (AvgIpc) is 2.55. The Morgan fingerprint density at radius 1 is 0.957 bits per heavy atom. The Bertz CT molecular complexity index is 688. The van der Waals surface area contributed by atoms with Crippen LogP contribution in [0.5, 0.6) is 0 Å². The van der Waals surface area contributed by atoms with E-state index in [4.69, 9.17) is 11.6 Å². The Morgan fingerprint density at radius 2 is 1.65 bits per heavy atom. The summed E-state index contributed by atoms with van der Waals surface area (Å²) in [5, 5.41) is 6.17. The van der Waals surface area contributed by atoms with Crippen LogP contribution < -0.4 is 10.6 Å². The molecule has 0 aliphatic rings. The topological polar surface area (TPSA) is 58.2 Å². The summed E-state index contributed by atoms with van der Waals surface area (Å²) in [6, 6.07) is 15.3. The summed E-state index contributed by atoms with van der Waals surface area (Å²) in [7, 11) is 0. The van der Waals surface area contributed by atoms with Crippen LogP contribution in [0.3, 0.4) is 0 Å². The van der Waals surface area contributed by atoms with E-state index in [0.717, 1.165) is 5.56 Å². The van der Waals surface area contributed by atoms with Crippen LogP contribution in [-0.4, -0.2) is 17.9 Å². The first-order chi connectivity index (χ1) is 11.0. The van der Waals surface area contributed by atoms with Crippen LogP contribution in [0.15, 0.2) is 54.6 Å². The number of amides is 2. The maximum atomic E-state index is 12.2. The zero-order valence-corrected chi connectivity index (χ0v) is 13.8. The minimum absolute atomic E-state index is 0.197. The van der Waals surface area contributed by atoms with Gasteiger partial charge in [0.2, 0.25) is 5.91 Å². The lowest BCUT2D eigenvalue weighted by Crippen LogP contribution is -2.45. The minimum Gasteiger partial charge on any atom is -0.348 e. The molecule has 2 atom stereocenters. The van der Waals surface area contributed by atoms with Gasteiger partial charge in [0.1, 0.15) is 6.04 Å². The number of hydrogen-bond donors (Lipinski definition) is 2. The first-order valence-corrected chi connectivity index (χ1v) is 7.77. The van der Waals surface area contributed by atoms with Crippen molar-refractivity contribution in [2.24, 2.45) is 0 Å². The van der Waals surface area contributed by atoms with Gasteiger partial charge in [-0.25, -0.2) is 0 Å². The zero-order valence-electron chi connectivity index (χ0n) is 13.0. The molecule has 0 heterocycles. The van der Waals surface area contributed by atoms with Gasteiger partial charge in [-0.3, -0.25) is 9.59 Å². The molecule has 4 nitrogen and oxygen atoms in total. The maximum absolute atomic E-state index is 12.2. The van der Waals surface area contributed by atoms with Gasteiger partial charge in [0.05, 0.1) is 6.04 Å². The van der Waals surface area contributed by atoms with Gasteiger partial charge in [-0.15, -0.1) is 0 Å². The lowest BCUT2D eigenvalue weighted by molar-refractivity contribution is -0.123. The number of benzene rings is 2. The van der Waals surface area contributed by atoms with E-state index in [0.29, 0.717) is 10.6 Å². The summed E-state index contributed by atoms with van der Waals surface area (Å²) in [6.45, 7) is 3.52. The van der Waals surface area contributed by atoms with Gasteiger partial charge in [-0.2, -0.15) is 0 Å². The fourth-order valence-electron chi connectivity index (χ4n) is 2.13. The normalized spacial score (nSPS) is 13.0. The molecule has 2 amide bonds. The molecule has 0 saturated heterocycles. The Balaban J connectivity index is 1.93. The van der Waals surface area contributed by atoms with Crippen LogP contribution in [0, 0.1) is 0 Å². The number of rotatable bonds is 5. The second kappa shape index (κ2) is 7.79. The first kappa shape index (κ1) is 17.0. The fraction of sp³-hybridized carbons (Fsp3) is 0.222. The molecular weight excluding hydrogens is 312 g/mol. The second-order valence-corrected chi connectivity index (χ2v) is 5.78. The van der Waals surface area contributed by atoms with Crippen molar-refractivity contribution in [2.75, 3.05) is 0 Å². The van der Waals surface area contributed by atoms with Crippen molar-refractivity contribution in [3.8, 4) is 0 Å². The molecule has 0 aliphatic heterocycles. The summed E-state index contributed by atoms with van der Waals surface area (Å²) in [5.41, 5.74) is 1.43. The minimum atomic E-state index is -0.635. The van der Waals surface area contributed by atoms with Crippen molar-refractivity contribution in [1.82, 2.24) is 10.6 Å². The standard InChI is InChI=1S/C18H19ClN2O2/c1-12(15-9-6-10-16(19)11-15)20-17(22)13(2)21-18(23)14-7-4-3-5-8-14/h3-13H,1-2H3,(H,20,22)(H,21,23)/t12-,13-/m1/s1. The second-order valence-electron chi connectivity index (χ2n) is 5.35. The molecule has 0 aliphatic carbocycles. The van der Waals surface area contributed by atoms with Gasteiger partial charge in [0.15, 0.2) is 0 Å². The van der Waals surface area contributed by atoms with Gasteiger partial charge < -0.3 is 10.6 Å². The SMILES string of the molecule is C[C@@H](NC(=O)c1ccccc1)C(=O)N[C@H](C)c1cccc(Cl)c1. The fourth-order valence-corrected chi connectivity index (χ4v) is 2.33. The van der Waals surface area contributed by atoms with Gasteiger partial charge in [-0.05, 0) is 43.7 Å². The molecule has 120 valence electrons. The average molecular weight is 331 g/mol. The van der Waals surface area contributed by atoms with E-state index in [-0.39, 0.29) is 17.9 Å². The number of hydrogen-bond acceptors (Lipinski definition) is 2. The van der Waals surface area contributed by atoms with E-state index >= 15 is 0 Å². The largest absolute Gasteiger partial charge is 0.348 e. The van der Waals surface area contributed by atoms with E-state index in [1.54, 1.807) is 43.3 Å². The molecule has 0 unspecified atom stereocenters. The summed E-state index contributed by atoms with van der Waals surface area (Å²) in [4.78, 5) is 24.3. The lowest BCUT2D eigenvalue weighted by atomic mass is 10.1. The van der Waals surface area contributed by atoms with E-state index in [2.05, 4.69) is 10.6 Å². The summed E-state index contributed by atoms with van der Waals surface area (Å²) in [6.07, 6.45) is 0. The number of nitrogens with one attached hydrogen (secondary N) is 2. The highest BCUT2D eigenvalue weighted by atomic mass is 35.5. The number of carbonyl (C=O) groups excluding carboxylic acids is 2. The van der Waals surface area contributed by atoms with Gasteiger partial charge in [-0.1, -0.05) is 41.9 Å². The van der Waals surface area contributed by atoms with Crippen molar-refractivity contribution in [3.05, 3.63) is 70.7 Å². The van der Waals surface area contributed by atoms with Crippen LogP contribution in [0.1, 0.15) is 35.8 Å². The van der Waals surface area contributed by atoms with Crippen molar-refractivity contribution in [1.29, 1.82) is 0 Å². The molecule has 0 fully saturated rings. The van der Waals surface area contributed by atoms with Gasteiger partial charge in [0.25, 0.3) is 5.91 Å². The van der Waals surface area contributed by atoms with Crippen LogP contribution >= 0.6 is 11.6 Å². The molecule has 0 radical (unpaired) electrons. The molecule has 0 bridgehead atoms. The van der Waals surface area contributed by atoms with E-state index in [1.807, 2.05) is 25.1 Å². The van der Waals surface area contributed by atoms with Crippen LogP contribution in [0.4, 0.5) is 0 Å². The molecule has 0 aromatic heterocycles. The van der Waals surface area contributed by atoms with Gasteiger partial charge in [0, 0.05) is 10.6 Å². The highest BCUT2D eigenvalue weighted by Crippen LogP contribution is 2.17. The van der Waals surface area contributed by atoms with Crippen molar-refractivity contribution < 1.29 is 9.59 Å². The molecular formula is C18H19ClN2O2. The number of carbonyl (C=O) groups is 2. The summed E-state index contributed by atoms with van der Waals surface area (Å²) in [5.74, 6) is -0.523. The first-order valence-electron chi connectivity index (χ1n) is 7.39. The Hall–Kier alpha value is -2.33. The Labute approximate surface area is 140 Å². The highest BCUT2D eigenvalue weighted by molar-refractivity contribution is 6.30. The summed E-state index contributed by atoms with van der Waals surface area (Å²) >= 11 is 5.95. The van der Waals surface area contributed by atoms with Crippen molar-refractivity contribution in [3.63, 3.8) is 0 Å². The van der Waals surface area contributed by atoms with Gasteiger partial charge >= 0.3 is 0 Å². The van der Waals surface area contributed by atoms with Crippen LogP contribution in [0.2, 0.25) is 5.02 Å². The van der Waals surface area contributed by atoms with Crippen LogP contribution in [0.25, 0.3) is 0 Å². The van der Waals surface area contributed by atoms with E-state index < -0.39 is 6.04 Å². The molecule has 2 aromatic carbocycles. The highest BCUT2D eigenvalue weighted by Gasteiger charge is 2.18. The predicted molar refractivity (Wildman–Crippen MR) is 91.4 cm³/mol. The third kappa shape index (κ3) is 4.83. The third-order valence-corrected chi connectivity index (χ3v) is 3.72. The van der Waals surface area contributed by atoms with E-state index in [1.165, 1.54) is 0 Å². The molecule has 5 heteroatoms. The Morgan fingerprint density at radius 3 is 2.30 bits per heavy atom. The monoisotopic (exact) mass is 330 g/mol. The smallest absolute Gasteiger partial charge is 0.251 e. The van der Waals surface area contributed by atoms with Crippen LogP contribution in [-0.2, 0) is 4.79 Å². The predicted octanol–water partition coefficient (Wildman–Crippen LogP) is 3.34. The molecule has 0 saturated carbocycles. The third-order valence-electron chi connectivity index (χ3n) is 3.48. The molecule has 23 heavy (non-hydrogen) atoms. The lowest BCUT2D eigenvalue weighted by Gasteiger charge is -2.19. The molecule has 0 spiro atoms. The summed E-state index contributed by atoms with van der Waals surface area (Å²) < 4.78 is 0. The molecule has 2 rings (SSSR count). The quantitative estimate of drug-likeness (QED) is 0.883. The van der Waals surface area contributed by atoms with Crippen molar-refractivity contribution >= 4 is 23.4 Å². The maximum Gasteiger partial charge on any atom is 0.251 e. The van der Waals surface area contributed by atoms with E-state index in [9.17, 15) is 9.59 Å². The molecule has 2 aromatic rings.